The number of rotatable bonds is 3. The number of carboxylic acids is 1. The van der Waals surface area contributed by atoms with Crippen molar-refractivity contribution >= 4 is 23.4 Å². The molecule has 19 heavy (non-hydrogen) atoms. The number of hydrogen-bond acceptors (Lipinski definition) is 5. The average Bonchev–Trinajstić information content (AvgIpc) is 2.40. The van der Waals surface area contributed by atoms with Gasteiger partial charge in [0, 0.05) is 12.7 Å². The number of halogens is 1. The SMILES string of the molecule is CC1COC(CO)CN1c1cc(C(=O)O)c(Cl)cn1. The van der Waals surface area contributed by atoms with Crippen molar-refractivity contribution < 1.29 is 19.7 Å². The Kier molecular flexibility index (Phi) is 4.24. The van der Waals surface area contributed by atoms with Gasteiger partial charge in [0.15, 0.2) is 0 Å². The average molecular weight is 287 g/mol. The third kappa shape index (κ3) is 2.97. The van der Waals surface area contributed by atoms with Gasteiger partial charge in [0.1, 0.15) is 5.82 Å². The summed E-state index contributed by atoms with van der Waals surface area (Å²) >= 11 is 5.80. The normalized spacial score (nSPS) is 23.4. The highest BCUT2D eigenvalue weighted by molar-refractivity contribution is 6.33. The van der Waals surface area contributed by atoms with E-state index in [1.165, 1.54) is 12.3 Å². The maximum Gasteiger partial charge on any atom is 0.337 e. The molecule has 0 spiro atoms. The van der Waals surface area contributed by atoms with Crippen LogP contribution in [0.5, 0.6) is 0 Å². The molecule has 1 fully saturated rings. The van der Waals surface area contributed by atoms with Crippen LogP contribution in [0.3, 0.4) is 0 Å². The van der Waals surface area contributed by atoms with Gasteiger partial charge in [-0.1, -0.05) is 11.6 Å². The zero-order valence-corrected chi connectivity index (χ0v) is 11.2. The first-order valence-corrected chi connectivity index (χ1v) is 6.28. The lowest BCUT2D eigenvalue weighted by molar-refractivity contribution is -0.0105. The number of anilines is 1. The number of ether oxygens (including phenoxy) is 1. The Bertz CT molecular complexity index is 483. The van der Waals surface area contributed by atoms with Gasteiger partial charge in [-0.2, -0.15) is 0 Å². The van der Waals surface area contributed by atoms with E-state index < -0.39 is 5.97 Å². The number of hydrogen-bond donors (Lipinski definition) is 2. The number of pyridine rings is 1. The lowest BCUT2D eigenvalue weighted by Gasteiger charge is -2.38. The highest BCUT2D eigenvalue weighted by atomic mass is 35.5. The number of aliphatic hydroxyl groups excluding tert-OH is 1. The first-order chi connectivity index (χ1) is 9.02. The Morgan fingerprint density at radius 1 is 1.68 bits per heavy atom. The van der Waals surface area contributed by atoms with Crippen molar-refractivity contribution in [2.24, 2.45) is 0 Å². The second-order valence-electron chi connectivity index (χ2n) is 4.47. The van der Waals surface area contributed by atoms with Gasteiger partial charge in [0.2, 0.25) is 0 Å². The fourth-order valence-electron chi connectivity index (χ4n) is 2.00. The summed E-state index contributed by atoms with van der Waals surface area (Å²) in [6, 6.07) is 1.50. The van der Waals surface area contributed by atoms with Crippen LogP contribution in [0, 0.1) is 0 Å². The van der Waals surface area contributed by atoms with Crippen LogP contribution in [0.4, 0.5) is 5.82 Å². The van der Waals surface area contributed by atoms with E-state index in [0.29, 0.717) is 19.0 Å². The predicted octanol–water partition coefficient (Wildman–Crippen LogP) is 1.02. The first-order valence-electron chi connectivity index (χ1n) is 5.91. The minimum absolute atomic E-state index is 0.0194. The van der Waals surface area contributed by atoms with Crippen LogP contribution >= 0.6 is 11.6 Å². The largest absolute Gasteiger partial charge is 0.478 e. The van der Waals surface area contributed by atoms with E-state index in [1.54, 1.807) is 0 Å². The van der Waals surface area contributed by atoms with Crippen molar-refractivity contribution in [1.29, 1.82) is 0 Å². The van der Waals surface area contributed by atoms with Crippen LogP contribution in [0.15, 0.2) is 12.3 Å². The van der Waals surface area contributed by atoms with Gasteiger partial charge in [-0.15, -0.1) is 0 Å². The van der Waals surface area contributed by atoms with E-state index in [2.05, 4.69) is 4.98 Å². The molecule has 104 valence electrons. The van der Waals surface area contributed by atoms with Crippen molar-refractivity contribution in [3.05, 3.63) is 22.8 Å². The molecular formula is C12H15ClN2O4. The maximum atomic E-state index is 11.1. The molecule has 0 radical (unpaired) electrons. The molecule has 7 heteroatoms. The van der Waals surface area contributed by atoms with Crippen molar-refractivity contribution in [3.63, 3.8) is 0 Å². The van der Waals surface area contributed by atoms with Gasteiger partial charge in [0.25, 0.3) is 0 Å². The molecule has 2 N–H and O–H groups in total. The molecule has 1 saturated heterocycles. The quantitative estimate of drug-likeness (QED) is 0.863. The molecule has 6 nitrogen and oxygen atoms in total. The maximum absolute atomic E-state index is 11.1. The van der Waals surface area contributed by atoms with Crippen LogP contribution < -0.4 is 4.90 Å². The zero-order chi connectivity index (χ0) is 14.0. The zero-order valence-electron chi connectivity index (χ0n) is 10.4. The summed E-state index contributed by atoms with van der Waals surface area (Å²) in [5, 5.41) is 18.3. The van der Waals surface area contributed by atoms with Crippen molar-refractivity contribution in [3.8, 4) is 0 Å². The molecule has 1 aromatic rings. The van der Waals surface area contributed by atoms with Gasteiger partial charge < -0.3 is 19.8 Å². The fraction of sp³-hybridized carbons (Fsp3) is 0.500. The highest BCUT2D eigenvalue weighted by Crippen LogP contribution is 2.24. The highest BCUT2D eigenvalue weighted by Gasteiger charge is 2.27. The number of carboxylic acid groups (broad SMARTS) is 1. The fourth-order valence-corrected chi connectivity index (χ4v) is 2.18. The molecule has 2 rings (SSSR count). The van der Waals surface area contributed by atoms with Crippen LogP contribution in [0.1, 0.15) is 17.3 Å². The summed E-state index contributed by atoms with van der Waals surface area (Å²) in [6.45, 7) is 2.79. The number of nitrogens with zero attached hydrogens (tertiary/aromatic N) is 2. The minimum Gasteiger partial charge on any atom is -0.478 e. The van der Waals surface area contributed by atoms with Gasteiger partial charge in [-0.25, -0.2) is 9.78 Å². The predicted molar refractivity (Wildman–Crippen MR) is 69.8 cm³/mol. The van der Waals surface area contributed by atoms with Gasteiger partial charge >= 0.3 is 5.97 Å². The van der Waals surface area contributed by atoms with E-state index >= 15 is 0 Å². The molecule has 0 amide bonds. The second kappa shape index (κ2) is 5.73. The number of carbonyl (C=O) groups is 1. The van der Waals surface area contributed by atoms with E-state index in [-0.39, 0.29) is 29.3 Å². The lowest BCUT2D eigenvalue weighted by atomic mass is 10.2. The molecule has 0 aromatic carbocycles. The summed E-state index contributed by atoms with van der Waals surface area (Å²) in [6.07, 6.45) is 1.04. The van der Waals surface area contributed by atoms with Crippen LogP contribution in [-0.4, -0.2) is 53.1 Å². The number of aromatic nitrogens is 1. The van der Waals surface area contributed by atoms with E-state index in [1.807, 2.05) is 11.8 Å². The number of aromatic carboxylic acids is 1. The smallest absolute Gasteiger partial charge is 0.337 e. The van der Waals surface area contributed by atoms with Crippen molar-refractivity contribution in [2.45, 2.75) is 19.1 Å². The molecule has 0 aliphatic carbocycles. The van der Waals surface area contributed by atoms with Gasteiger partial charge in [-0.3, -0.25) is 0 Å². The molecule has 2 atom stereocenters. The minimum atomic E-state index is -1.09. The number of aliphatic hydroxyl groups is 1. The summed E-state index contributed by atoms with van der Waals surface area (Å²) in [4.78, 5) is 17.1. The third-order valence-corrected chi connectivity index (χ3v) is 3.38. The lowest BCUT2D eigenvalue weighted by Crippen LogP contribution is -2.50. The standard InChI is InChI=1S/C12H15ClN2O4/c1-7-6-19-8(5-16)4-15(7)11-2-9(12(17)18)10(13)3-14-11/h2-3,7-8,16H,4-6H2,1H3,(H,17,18). The van der Waals surface area contributed by atoms with E-state index in [4.69, 9.17) is 26.6 Å². The van der Waals surface area contributed by atoms with E-state index in [0.717, 1.165) is 0 Å². The molecular weight excluding hydrogens is 272 g/mol. The summed E-state index contributed by atoms with van der Waals surface area (Å²) in [5.74, 6) is -0.565. The summed E-state index contributed by atoms with van der Waals surface area (Å²) in [5.41, 5.74) is 0.0194. The molecule has 1 aliphatic heterocycles. The van der Waals surface area contributed by atoms with Crippen LogP contribution in [-0.2, 0) is 4.74 Å². The molecule has 2 heterocycles. The Morgan fingerprint density at radius 2 is 2.42 bits per heavy atom. The molecule has 2 unspecified atom stereocenters. The third-order valence-electron chi connectivity index (χ3n) is 3.07. The molecule has 1 aliphatic rings. The Morgan fingerprint density at radius 3 is 3.05 bits per heavy atom. The van der Waals surface area contributed by atoms with Crippen LogP contribution in [0.2, 0.25) is 5.02 Å². The van der Waals surface area contributed by atoms with Crippen molar-refractivity contribution in [1.82, 2.24) is 4.98 Å². The van der Waals surface area contributed by atoms with Crippen LogP contribution in [0.25, 0.3) is 0 Å². The second-order valence-corrected chi connectivity index (χ2v) is 4.87. The molecule has 0 saturated carbocycles. The summed E-state index contributed by atoms with van der Waals surface area (Å²) < 4.78 is 5.43. The first kappa shape index (κ1) is 14.0. The topological polar surface area (TPSA) is 82.9 Å². The molecule has 0 bridgehead atoms. The monoisotopic (exact) mass is 286 g/mol. The summed E-state index contributed by atoms with van der Waals surface area (Å²) in [7, 11) is 0. The number of morpholine rings is 1. The Labute approximate surface area is 115 Å². The van der Waals surface area contributed by atoms with Gasteiger partial charge in [0.05, 0.1) is 35.9 Å². The van der Waals surface area contributed by atoms with Gasteiger partial charge in [-0.05, 0) is 13.0 Å². The Hall–Kier alpha value is -1.37. The van der Waals surface area contributed by atoms with Crippen molar-refractivity contribution in [2.75, 3.05) is 24.7 Å². The van der Waals surface area contributed by atoms with E-state index in [9.17, 15) is 4.79 Å². The molecule has 1 aromatic heterocycles. The Balaban J connectivity index is 2.29.